The molecule has 0 fully saturated rings. The summed E-state index contributed by atoms with van der Waals surface area (Å²) in [4.78, 5) is 10.2. The second-order valence-electron chi connectivity index (χ2n) is 13.9. The summed E-state index contributed by atoms with van der Waals surface area (Å²) in [7, 11) is 0. The molecule has 0 aliphatic carbocycles. The van der Waals surface area contributed by atoms with E-state index in [-0.39, 0.29) is 32.4 Å². The van der Waals surface area contributed by atoms with Crippen molar-refractivity contribution < 1.29 is 30.3 Å². The van der Waals surface area contributed by atoms with Crippen LogP contribution >= 0.6 is 0 Å². The van der Waals surface area contributed by atoms with Crippen molar-refractivity contribution >= 4 is 11.0 Å². The first kappa shape index (κ1) is 33.0. The number of aromatic hydroxyl groups is 1. The number of aryl methyl sites for hydroxylation is 3. The Hall–Kier alpha value is -6.35. The molecule has 0 saturated carbocycles. The fourth-order valence-electron chi connectivity index (χ4n) is 7.46. The van der Waals surface area contributed by atoms with Crippen LogP contribution in [0.2, 0.25) is 0 Å². The number of imidazole rings is 1. The maximum Gasteiger partial charge on any atom is 0.148 e. The van der Waals surface area contributed by atoms with E-state index in [1.807, 2.05) is 134 Å². The molecule has 0 unspecified atom stereocenters. The second kappa shape index (κ2) is 15.4. The maximum absolute atomic E-state index is 11.6. The molecule has 2 aromatic heterocycles. The number of hydrogen-bond acceptors (Lipinski definition) is 3. The molecule has 7 aromatic carbocycles. The van der Waals surface area contributed by atoms with Crippen LogP contribution in [-0.4, -0.2) is 19.6 Å². The number of rotatable bonds is 7. The fourth-order valence-corrected chi connectivity index (χ4v) is 7.46. The number of fused-ring (bicyclic) bond motifs is 1. The van der Waals surface area contributed by atoms with Gasteiger partial charge < -0.3 is 5.11 Å². The molecule has 1 N–H and O–H groups in total. The van der Waals surface area contributed by atoms with Crippen molar-refractivity contribution in [3.63, 3.8) is 0 Å². The van der Waals surface area contributed by atoms with Gasteiger partial charge in [0.15, 0.2) is 0 Å². The van der Waals surface area contributed by atoms with Gasteiger partial charge in [0, 0.05) is 42.8 Å². The smallest absolute Gasteiger partial charge is 0.148 e. The first-order valence-electron chi connectivity index (χ1n) is 19.8. The Bertz CT molecular complexity index is 2960. The number of nitrogens with zero attached hydrogens (tertiary/aromatic N) is 3. The number of phenolic OH excluding ortho intramolecular Hbond substituents is 1. The van der Waals surface area contributed by atoms with Gasteiger partial charge in [-0.25, -0.2) is 4.98 Å². The molecule has 9 aromatic rings. The third kappa shape index (κ3) is 7.01. The summed E-state index contributed by atoms with van der Waals surface area (Å²) in [5, 5.41) is 11.6. The molecule has 56 heavy (non-hydrogen) atoms. The predicted octanol–water partition coefficient (Wildman–Crippen LogP) is 12.9. The summed E-state index contributed by atoms with van der Waals surface area (Å²) < 4.78 is 27.4. The van der Waals surface area contributed by atoms with Gasteiger partial charge in [0.25, 0.3) is 0 Å². The van der Waals surface area contributed by atoms with Crippen LogP contribution in [-0.2, 0) is 21.1 Å². The van der Waals surface area contributed by atoms with E-state index in [4.69, 9.17) is 14.1 Å². The third-order valence-corrected chi connectivity index (χ3v) is 10.1. The van der Waals surface area contributed by atoms with Gasteiger partial charge in [-0.1, -0.05) is 138 Å². The summed E-state index contributed by atoms with van der Waals surface area (Å²) in [6.45, 7) is 1.49. The van der Waals surface area contributed by atoms with E-state index in [9.17, 15) is 5.11 Å². The second-order valence-corrected chi connectivity index (χ2v) is 13.9. The zero-order chi connectivity index (χ0) is 40.0. The molecule has 274 valence electrons. The van der Waals surface area contributed by atoms with Crippen LogP contribution in [0.25, 0.3) is 83.9 Å². The van der Waals surface area contributed by atoms with Crippen molar-refractivity contribution in [2.24, 2.45) is 0 Å². The van der Waals surface area contributed by atoms with Crippen LogP contribution in [0.3, 0.4) is 0 Å². The molecular formula is C51H38N3OPt-. The van der Waals surface area contributed by atoms with Crippen LogP contribution in [0.5, 0.6) is 5.75 Å². The average Bonchev–Trinajstić information content (AvgIpc) is 3.65. The zero-order valence-corrected chi connectivity index (χ0v) is 33.0. The Labute approximate surface area is 346 Å². The molecule has 5 heteroatoms. The minimum Gasteiger partial charge on any atom is -0.507 e. The standard InChI is InChI=1S/C51H38N3O.Pt/c1-33-24-35(3)50(55)46(27-33)51-53-49-45(20-13-21-48(49)54(51)44-26-34(2)25-40(31-44)37-16-9-5-10-17-37)42-28-41(38-18-11-6-12-19-38)29-43(30-42)47-32-39(22-23-52-47)36-14-7-4-8-15-36;/h4-29,31-32,55H,1-3H3;/q-1;/i2D3;. The van der Waals surface area contributed by atoms with Crippen molar-refractivity contribution in [2.45, 2.75) is 20.7 Å². The number of pyridine rings is 1. The first-order valence-corrected chi connectivity index (χ1v) is 18.3. The Morgan fingerprint density at radius 3 is 1.89 bits per heavy atom. The van der Waals surface area contributed by atoms with Crippen molar-refractivity contribution in [2.75, 3.05) is 0 Å². The van der Waals surface area contributed by atoms with E-state index in [1.54, 1.807) is 12.1 Å². The van der Waals surface area contributed by atoms with Crippen molar-refractivity contribution in [3.8, 4) is 78.6 Å². The van der Waals surface area contributed by atoms with Gasteiger partial charge in [0.1, 0.15) is 11.6 Å². The summed E-state index contributed by atoms with van der Waals surface area (Å²) in [5.74, 6) is 0.605. The van der Waals surface area contributed by atoms with Crippen LogP contribution in [0.15, 0.2) is 170 Å². The minimum atomic E-state index is -2.38. The van der Waals surface area contributed by atoms with Crippen molar-refractivity contribution in [1.82, 2.24) is 14.5 Å². The van der Waals surface area contributed by atoms with Gasteiger partial charge in [0.05, 0.1) is 16.6 Å². The van der Waals surface area contributed by atoms with Crippen molar-refractivity contribution in [3.05, 3.63) is 193 Å². The van der Waals surface area contributed by atoms with Gasteiger partial charge in [-0.3, -0.25) is 9.55 Å². The molecule has 0 spiro atoms. The molecule has 0 amide bonds. The fraction of sp³-hybridized carbons (Fsp3) is 0.0588. The van der Waals surface area contributed by atoms with Gasteiger partial charge in [-0.05, 0) is 95.5 Å². The third-order valence-electron chi connectivity index (χ3n) is 10.1. The predicted molar refractivity (Wildman–Crippen MR) is 226 cm³/mol. The van der Waals surface area contributed by atoms with Crippen LogP contribution < -0.4 is 0 Å². The number of hydrogen-bond donors (Lipinski definition) is 1. The Balaban J connectivity index is 0.00000484. The molecule has 0 aliphatic rings. The van der Waals surface area contributed by atoms with E-state index in [1.165, 1.54) is 0 Å². The summed E-state index contributed by atoms with van der Waals surface area (Å²) >= 11 is 0. The average molecular weight is 907 g/mol. The van der Waals surface area contributed by atoms with Crippen LogP contribution in [0.1, 0.15) is 20.8 Å². The molecule has 4 nitrogen and oxygen atoms in total. The van der Waals surface area contributed by atoms with E-state index in [0.717, 1.165) is 66.8 Å². The largest absolute Gasteiger partial charge is 0.507 e. The SMILES string of the molecule is [2H]C([2H])([2H])c1cc(-c2ccccc2)cc(-n2c(-c3cc(C)cc(C)c3O)nc3c(-c4[c-]c(-c5cc(-c6ccccc6)ccn5)cc(-c5ccccc5)c4)cccc32)c1.[Pt]. The summed E-state index contributed by atoms with van der Waals surface area (Å²) in [6, 6.07) is 57.7. The molecule has 0 bridgehead atoms. The molecular weight excluding hydrogens is 866 g/mol. The van der Waals surface area contributed by atoms with E-state index in [0.29, 0.717) is 28.2 Å². The van der Waals surface area contributed by atoms with E-state index < -0.39 is 6.85 Å². The Morgan fingerprint density at radius 2 is 1.21 bits per heavy atom. The number of phenols is 1. The number of benzene rings is 7. The molecule has 0 radical (unpaired) electrons. The normalized spacial score (nSPS) is 12.1. The summed E-state index contributed by atoms with van der Waals surface area (Å²) in [5.41, 5.74) is 13.6. The first-order chi connectivity index (χ1) is 28.1. The molecule has 2 heterocycles. The quantitative estimate of drug-likeness (QED) is 0.162. The monoisotopic (exact) mass is 906 g/mol. The van der Waals surface area contributed by atoms with Crippen LogP contribution in [0.4, 0.5) is 0 Å². The summed E-state index contributed by atoms with van der Waals surface area (Å²) in [6.07, 6.45) is 1.84. The van der Waals surface area contributed by atoms with E-state index >= 15 is 0 Å². The maximum atomic E-state index is 11.6. The van der Waals surface area contributed by atoms with Gasteiger partial charge in [-0.2, -0.15) is 0 Å². The van der Waals surface area contributed by atoms with Gasteiger partial charge in [-0.15, -0.1) is 23.8 Å². The number of aromatic nitrogens is 3. The molecule has 9 rings (SSSR count). The minimum absolute atomic E-state index is 0. The van der Waals surface area contributed by atoms with Crippen LogP contribution in [0, 0.1) is 26.8 Å². The zero-order valence-electron chi connectivity index (χ0n) is 33.8. The molecule has 0 atom stereocenters. The van der Waals surface area contributed by atoms with Crippen molar-refractivity contribution in [1.29, 1.82) is 0 Å². The molecule has 0 saturated heterocycles. The molecule has 0 aliphatic heterocycles. The Kier molecular flexibility index (Phi) is 9.09. The Morgan fingerprint density at radius 1 is 0.571 bits per heavy atom. The van der Waals surface area contributed by atoms with Gasteiger partial charge >= 0.3 is 0 Å². The van der Waals surface area contributed by atoms with Gasteiger partial charge in [0.2, 0.25) is 0 Å². The topological polar surface area (TPSA) is 50.9 Å². The number of para-hydroxylation sites is 1. The van der Waals surface area contributed by atoms with E-state index in [2.05, 4.69) is 48.5 Å².